The summed E-state index contributed by atoms with van der Waals surface area (Å²) in [7, 11) is 0. The fourth-order valence-electron chi connectivity index (χ4n) is 4.07. The van der Waals surface area contributed by atoms with Crippen LogP contribution in [0.4, 0.5) is 5.69 Å². The van der Waals surface area contributed by atoms with Crippen LogP contribution in [0.5, 0.6) is 0 Å². The number of hydrogen-bond donors (Lipinski definition) is 2. The van der Waals surface area contributed by atoms with Gasteiger partial charge in [0.25, 0.3) is 0 Å². The largest absolute Gasteiger partial charge is 0.326 e. The fourth-order valence-corrected chi connectivity index (χ4v) is 4.69. The van der Waals surface area contributed by atoms with Crippen LogP contribution in [-0.4, -0.2) is 23.0 Å². The molecule has 0 radical (unpaired) electrons. The lowest BCUT2D eigenvalue weighted by Gasteiger charge is -2.28. The Balaban J connectivity index is 1.39. The molecule has 2 aliphatic rings. The molecule has 126 valence electrons. The molecule has 4 nitrogen and oxygen atoms in total. The number of thiazole rings is 1. The summed E-state index contributed by atoms with van der Waals surface area (Å²) in [4.78, 5) is 16.9. The molecule has 2 bridgehead atoms. The van der Waals surface area contributed by atoms with Crippen LogP contribution in [0.2, 0.25) is 0 Å². The number of rotatable bonds is 4. The van der Waals surface area contributed by atoms with E-state index in [0.717, 1.165) is 34.8 Å². The van der Waals surface area contributed by atoms with Gasteiger partial charge in [0.05, 0.1) is 10.7 Å². The van der Waals surface area contributed by atoms with E-state index < -0.39 is 0 Å². The van der Waals surface area contributed by atoms with E-state index in [2.05, 4.69) is 21.0 Å². The van der Waals surface area contributed by atoms with Gasteiger partial charge in [0.1, 0.15) is 0 Å². The van der Waals surface area contributed by atoms with E-state index in [1.165, 1.54) is 12.8 Å². The molecule has 1 amide bonds. The predicted molar refractivity (Wildman–Crippen MR) is 98.2 cm³/mol. The Hall–Kier alpha value is -1.72. The average molecular weight is 341 g/mol. The van der Waals surface area contributed by atoms with E-state index in [1.807, 2.05) is 31.2 Å². The van der Waals surface area contributed by atoms with E-state index >= 15 is 0 Å². The summed E-state index contributed by atoms with van der Waals surface area (Å²) in [6.45, 7) is 2.01. The zero-order chi connectivity index (χ0) is 16.5. The maximum Gasteiger partial charge on any atom is 0.224 e. The summed E-state index contributed by atoms with van der Waals surface area (Å²) in [6.07, 6.45) is 5.47. The van der Waals surface area contributed by atoms with Crippen LogP contribution >= 0.6 is 11.3 Å². The highest BCUT2D eigenvalue weighted by atomic mass is 32.1. The van der Waals surface area contributed by atoms with Gasteiger partial charge in [-0.1, -0.05) is 12.1 Å². The number of nitrogens with one attached hydrogen (secondary N) is 2. The van der Waals surface area contributed by atoms with Crippen LogP contribution in [0, 0.1) is 12.8 Å². The summed E-state index contributed by atoms with van der Waals surface area (Å²) in [5.41, 5.74) is 2.89. The number of aryl methyl sites for hydroxylation is 1. The topological polar surface area (TPSA) is 54.0 Å². The van der Waals surface area contributed by atoms with Gasteiger partial charge in [-0.15, -0.1) is 11.3 Å². The number of amides is 1. The quantitative estimate of drug-likeness (QED) is 0.884. The van der Waals surface area contributed by atoms with Gasteiger partial charge in [-0.05, 0) is 50.7 Å². The van der Waals surface area contributed by atoms with Crippen LogP contribution in [0.3, 0.4) is 0 Å². The highest BCUT2D eigenvalue weighted by Crippen LogP contribution is 2.33. The van der Waals surface area contributed by atoms with Crippen molar-refractivity contribution in [1.82, 2.24) is 10.3 Å². The average Bonchev–Trinajstić information content (AvgIpc) is 3.13. The van der Waals surface area contributed by atoms with Crippen molar-refractivity contribution >= 4 is 22.9 Å². The van der Waals surface area contributed by atoms with Crippen molar-refractivity contribution in [3.63, 3.8) is 0 Å². The maximum absolute atomic E-state index is 12.4. The monoisotopic (exact) mass is 341 g/mol. The summed E-state index contributed by atoms with van der Waals surface area (Å²) in [6, 6.07) is 9.25. The molecular formula is C19H23N3OS. The molecule has 1 aromatic carbocycles. The summed E-state index contributed by atoms with van der Waals surface area (Å²) >= 11 is 1.64. The minimum Gasteiger partial charge on any atom is -0.326 e. The van der Waals surface area contributed by atoms with E-state index in [0.29, 0.717) is 24.4 Å². The van der Waals surface area contributed by atoms with Crippen molar-refractivity contribution in [2.24, 2.45) is 5.92 Å². The van der Waals surface area contributed by atoms with Crippen LogP contribution < -0.4 is 10.6 Å². The lowest BCUT2D eigenvalue weighted by Crippen LogP contribution is -2.39. The number of anilines is 1. The van der Waals surface area contributed by atoms with Gasteiger partial charge in [-0.2, -0.15) is 0 Å². The van der Waals surface area contributed by atoms with Gasteiger partial charge >= 0.3 is 0 Å². The second-order valence-electron chi connectivity index (χ2n) is 7.06. The predicted octanol–water partition coefficient (Wildman–Crippen LogP) is 3.98. The molecule has 24 heavy (non-hydrogen) atoms. The van der Waals surface area contributed by atoms with Crippen molar-refractivity contribution < 1.29 is 4.79 Å². The number of hydrogen-bond acceptors (Lipinski definition) is 4. The van der Waals surface area contributed by atoms with Gasteiger partial charge in [-0.25, -0.2) is 4.98 Å². The molecule has 2 aromatic rings. The Morgan fingerprint density at radius 3 is 2.83 bits per heavy atom. The number of carbonyl (C=O) groups excluding carboxylic acids is 1. The maximum atomic E-state index is 12.4. The molecule has 0 spiro atoms. The van der Waals surface area contributed by atoms with E-state index in [-0.39, 0.29) is 5.91 Å². The van der Waals surface area contributed by atoms with Crippen molar-refractivity contribution in [3.05, 3.63) is 34.7 Å². The zero-order valence-corrected chi connectivity index (χ0v) is 14.7. The van der Waals surface area contributed by atoms with Crippen molar-refractivity contribution in [2.45, 2.75) is 51.1 Å². The third kappa shape index (κ3) is 3.52. The number of carbonyl (C=O) groups is 1. The van der Waals surface area contributed by atoms with Crippen molar-refractivity contribution in [2.75, 3.05) is 5.32 Å². The number of benzene rings is 1. The Bertz CT molecular complexity index is 730. The SMILES string of the molecule is Cc1nc(-c2cccc(NC(=O)CC3CC4CCC(C3)N4)c2)cs1. The third-order valence-corrected chi connectivity index (χ3v) is 5.88. The molecule has 2 atom stereocenters. The van der Waals surface area contributed by atoms with Crippen LogP contribution in [0.15, 0.2) is 29.6 Å². The van der Waals surface area contributed by atoms with E-state index in [4.69, 9.17) is 0 Å². The molecule has 0 saturated carbocycles. The van der Waals surface area contributed by atoms with E-state index in [9.17, 15) is 4.79 Å². The third-order valence-electron chi connectivity index (χ3n) is 5.11. The molecule has 0 aliphatic carbocycles. The molecule has 1 aromatic heterocycles. The van der Waals surface area contributed by atoms with Crippen LogP contribution in [-0.2, 0) is 4.79 Å². The molecule has 2 N–H and O–H groups in total. The number of fused-ring (bicyclic) bond motifs is 2. The first-order valence-corrected chi connectivity index (χ1v) is 9.62. The van der Waals surface area contributed by atoms with Crippen LogP contribution in [0.1, 0.15) is 37.1 Å². The lowest BCUT2D eigenvalue weighted by molar-refractivity contribution is -0.117. The Labute approximate surface area is 146 Å². The minimum atomic E-state index is 0.132. The lowest BCUT2D eigenvalue weighted by atomic mass is 9.89. The van der Waals surface area contributed by atoms with Crippen molar-refractivity contribution in [3.8, 4) is 11.3 Å². The Kier molecular flexibility index (Phi) is 4.37. The van der Waals surface area contributed by atoms with Gasteiger partial charge in [-0.3, -0.25) is 4.79 Å². The normalized spacial score (nSPS) is 25.6. The first-order valence-electron chi connectivity index (χ1n) is 8.74. The Morgan fingerprint density at radius 2 is 2.12 bits per heavy atom. The summed E-state index contributed by atoms with van der Waals surface area (Å²) < 4.78 is 0. The fraction of sp³-hybridized carbons (Fsp3) is 0.474. The highest BCUT2D eigenvalue weighted by Gasteiger charge is 2.34. The van der Waals surface area contributed by atoms with Gasteiger partial charge in [0.2, 0.25) is 5.91 Å². The molecule has 2 aliphatic heterocycles. The molecule has 3 heterocycles. The van der Waals surface area contributed by atoms with Gasteiger partial charge < -0.3 is 10.6 Å². The summed E-state index contributed by atoms with van der Waals surface area (Å²) in [5.74, 6) is 0.654. The van der Waals surface area contributed by atoms with Gasteiger partial charge in [0.15, 0.2) is 0 Å². The number of aromatic nitrogens is 1. The highest BCUT2D eigenvalue weighted by molar-refractivity contribution is 7.09. The zero-order valence-electron chi connectivity index (χ0n) is 13.9. The van der Waals surface area contributed by atoms with Gasteiger partial charge in [0, 0.05) is 35.1 Å². The number of piperidine rings is 1. The molecular weight excluding hydrogens is 318 g/mol. The van der Waals surface area contributed by atoms with Crippen LogP contribution in [0.25, 0.3) is 11.3 Å². The second-order valence-corrected chi connectivity index (χ2v) is 8.12. The smallest absolute Gasteiger partial charge is 0.224 e. The molecule has 2 fully saturated rings. The van der Waals surface area contributed by atoms with Crippen molar-refractivity contribution in [1.29, 1.82) is 0 Å². The molecule has 2 saturated heterocycles. The van der Waals surface area contributed by atoms with E-state index in [1.54, 1.807) is 11.3 Å². The first kappa shape index (κ1) is 15.8. The second kappa shape index (κ2) is 6.65. The minimum absolute atomic E-state index is 0.132. The molecule has 2 unspecified atom stereocenters. The first-order chi connectivity index (χ1) is 11.7. The standard InChI is InChI=1S/C19H23N3OS/c1-12-20-18(11-24-12)14-3-2-4-15(10-14)22-19(23)9-13-7-16-5-6-17(8-13)21-16/h2-4,10-11,13,16-17,21H,5-9H2,1H3,(H,22,23). The molecule has 4 rings (SSSR count). The summed E-state index contributed by atoms with van der Waals surface area (Å²) in [5, 5.41) is 9.82. The number of nitrogens with zero attached hydrogens (tertiary/aromatic N) is 1. The Morgan fingerprint density at radius 1 is 1.33 bits per heavy atom. The molecule has 5 heteroatoms.